The van der Waals surface area contributed by atoms with Crippen LogP contribution < -0.4 is 21.2 Å². The van der Waals surface area contributed by atoms with Crippen LogP contribution in [0.15, 0.2) is 74.0 Å². The van der Waals surface area contributed by atoms with Crippen molar-refractivity contribution < 1.29 is 4.39 Å². The minimum atomic E-state index is -0.277. The van der Waals surface area contributed by atoms with Gasteiger partial charge in [-0.05, 0) is 84.7 Å². The van der Waals surface area contributed by atoms with Crippen LogP contribution in [-0.4, -0.2) is 20.2 Å². The predicted molar refractivity (Wildman–Crippen MR) is 174 cm³/mol. The zero-order valence-electron chi connectivity index (χ0n) is 25.3. The highest BCUT2D eigenvalue weighted by Crippen LogP contribution is 2.30. The number of benzene rings is 1. The van der Waals surface area contributed by atoms with Crippen molar-refractivity contribution in [1.29, 1.82) is 0 Å². The lowest BCUT2D eigenvalue weighted by molar-refractivity contribution is 0.411. The molecular formula is C35H39FN6. The molecule has 1 aromatic carbocycles. The molecule has 0 spiro atoms. The van der Waals surface area contributed by atoms with Crippen LogP contribution >= 0.6 is 0 Å². The smallest absolute Gasteiger partial charge is 0.124 e. The van der Waals surface area contributed by atoms with Gasteiger partial charge in [0.15, 0.2) is 0 Å². The summed E-state index contributed by atoms with van der Waals surface area (Å²) in [7, 11) is 0. The van der Waals surface area contributed by atoms with Gasteiger partial charge >= 0.3 is 0 Å². The molecule has 0 amide bonds. The third kappa shape index (κ3) is 7.49. The van der Waals surface area contributed by atoms with Crippen molar-refractivity contribution >= 4 is 35.3 Å². The van der Waals surface area contributed by atoms with Gasteiger partial charge in [0, 0.05) is 28.9 Å². The lowest BCUT2D eigenvalue weighted by Gasteiger charge is -2.20. The van der Waals surface area contributed by atoms with Crippen molar-refractivity contribution in [3.8, 4) is 11.1 Å². The zero-order chi connectivity index (χ0) is 30.6. The highest BCUT2D eigenvalue weighted by molar-refractivity contribution is 5.80. The summed E-state index contributed by atoms with van der Waals surface area (Å²) in [6.45, 7) is 25.0. The molecule has 0 aliphatic heterocycles. The first-order chi connectivity index (χ1) is 19.8. The fraction of sp³-hybridized carbons (Fsp3) is 0.229. The molecule has 42 heavy (non-hydrogen) atoms. The number of nitrogens with one attached hydrogen (secondary N) is 3. The van der Waals surface area contributed by atoms with Gasteiger partial charge in [0.1, 0.15) is 11.5 Å². The molecule has 4 rings (SSSR count). The van der Waals surface area contributed by atoms with Gasteiger partial charge in [-0.2, -0.15) is 5.10 Å². The van der Waals surface area contributed by atoms with E-state index >= 15 is 0 Å². The van der Waals surface area contributed by atoms with E-state index in [9.17, 15) is 4.39 Å². The first-order valence-corrected chi connectivity index (χ1v) is 13.8. The number of halogens is 1. The number of anilines is 2. The molecule has 0 fully saturated rings. The van der Waals surface area contributed by atoms with Gasteiger partial charge in [-0.3, -0.25) is 15.1 Å². The molecule has 4 aromatic rings. The van der Waals surface area contributed by atoms with Crippen LogP contribution in [0.25, 0.3) is 35.1 Å². The zero-order valence-corrected chi connectivity index (χ0v) is 25.3. The monoisotopic (exact) mass is 562 g/mol. The Balaban J connectivity index is 1.52. The van der Waals surface area contributed by atoms with E-state index in [1.165, 1.54) is 12.1 Å². The topological polar surface area (TPSA) is 78.5 Å². The molecule has 0 saturated carbocycles. The van der Waals surface area contributed by atoms with E-state index in [0.717, 1.165) is 62.2 Å². The van der Waals surface area contributed by atoms with E-state index in [1.807, 2.05) is 45.2 Å². The fourth-order valence-electron chi connectivity index (χ4n) is 4.74. The van der Waals surface area contributed by atoms with E-state index < -0.39 is 0 Å². The van der Waals surface area contributed by atoms with Gasteiger partial charge in [0.2, 0.25) is 0 Å². The second-order valence-electron chi connectivity index (χ2n) is 11.9. The van der Waals surface area contributed by atoms with Gasteiger partial charge in [0.05, 0.1) is 34.8 Å². The number of aromatic nitrogens is 4. The maximum atomic E-state index is 14.1. The molecule has 0 aliphatic carbocycles. The summed E-state index contributed by atoms with van der Waals surface area (Å²) in [5.74, 6) is -0.277. The summed E-state index contributed by atoms with van der Waals surface area (Å²) in [6.07, 6.45) is 11.9. The number of aromatic amines is 1. The third-order valence-electron chi connectivity index (χ3n) is 6.80. The van der Waals surface area contributed by atoms with Crippen molar-refractivity contribution in [3.63, 3.8) is 0 Å². The summed E-state index contributed by atoms with van der Waals surface area (Å²) in [6, 6.07) is 7.03. The Morgan fingerprint density at radius 3 is 2.45 bits per heavy atom. The molecule has 216 valence electrons. The largest absolute Gasteiger partial charge is 0.358 e. The van der Waals surface area contributed by atoms with Gasteiger partial charge < -0.3 is 10.6 Å². The highest BCUT2D eigenvalue weighted by Gasteiger charge is 2.13. The predicted octanol–water partition coefficient (Wildman–Crippen LogP) is 7.36. The van der Waals surface area contributed by atoms with Crippen molar-refractivity contribution in [2.24, 2.45) is 5.41 Å². The summed E-state index contributed by atoms with van der Waals surface area (Å²) in [5, 5.41) is 15.7. The quantitative estimate of drug-likeness (QED) is 0.199. The minimum Gasteiger partial charge on any atom is -0.358 e. The average Bonchev–Trinajstić information content (AvgIpc) is 3.27. The molecule has 0 aliphatic rings. The van der Waals surface area contributed by atoms with Gasteiger partial charge in [-0.1, -0.05) is 52.7 Å². The van der Waals surface area contributed by atoms with E-state index in [2.05, 4.69) is 77.4 Å². The van der Waals surface area contributed by atoms with Crippen molar-refractivity contribution in [2.45, 2.75) is 48.0 Å². The van der Waals surface area contributed by atoms with Crippen LogP contribution in [0.3, 0.4) is 0 Å². The van der Waals surface area contributed by atoms with Gasteiger partial charge in [-0.25, -0.2) is 4.39 Å². The van der Waals surface area contributed by atoms with Crippen molar-refractivity contribution in [1.82, 2.24) is 20.2 Å². The van der Waals surface area contributed by atoms with Crippen LogP contribution in [0.5, 0.6) is 0 Å². The maximum Gasteiger partial charge on any atom is 0.124 e. The molecule has 7 heteroatoms. The Bertz CT molecular complexity index is 1770. The Labute approximate surface area is 247 Å². The number of rotatable bonds is 9. The Kier molecular flexibility index (Phi) is 8.90. The van der Waals surface area contributed by atoms with Gasteiger partial charge in [-0.15, -0.1) is 0 Å². The summed E-state index contributed by atoms with van der Waals surface area (Å²) in [4.78, 5) is 8.77. The Morgan fingerprint density at radius 2 is 1.74 bits per heavy atom. The summed E-state index contributed by atoms with van der Waals surface area (Å²) >= 11 is 0. The molecule has 0 atom stereocenters. The number of allylic oxidation sites excluding steroid dienone is 3. The number of H-pyrrole nitrogens is 1. The fourth-order valence-corrected chi connectivity index (χ4v) is 4.74. The molecule has 3 heterocycles. The average molecular weight is 563 g/mol. The lowest BCUT2D eigenvalue weighted by Crippen LogP contribution is -2.23. The van der Waals surface area contributed by atoms with Crippen LogP contribution in [0, 0.1) is 25.1 Å². The molecule has 3 aromatic heterocycles. The maximum absolute atomic E-state index is 14.1. The number of hydrogen-bond donors (Lipinski definition) is 3. The summed E-state index contributed by atoms with van der Waals surface area (Å²) in [5.41, 5.74) is 9.37. The number of pyridine rings is 2. The summed E-state index contributed by atoms with van der Waals surface area (Å²) < 4.78 is 14.1. The van der Waals surface area contributed by atoms with E-state index in [-0.39, 0.29) is 11.2 Å². The van der Waals surface area contributed by atoms with Crippen LogP contribution in [-0.2, 0) is 0 Å². The number of hydrogen-bond acceptors (Lipinski definition) is 5. The number of aryl methyl sites for hydroxylation is 1. The standard InChI is InChI=1S/C35H39FN6/c1-21-12-27(14-29(36)13-21)31-19-38-20-33(24(31)4)40-26(6)34-25(5)32(41-42-34)11-10-22(2)28-15-30(18-37-17-28)39-23(3)16-35(7,8)9/h10-15,17-20,39-41H,3,5-6,16H2,1-2,4,7-9H3/b22-10+,32-11+. The van der Waals surface area contributed by atoms with Crippen molar-refractivity contribution in [3.05, 3.63) is 113 Å². The molecule has 6 nitrogen and oxygen atoms in total. The highest BCUT2D eigenvalue weighted by atomic mass is 19.1. The van der Waals surface area contributed by atoms with Crippen LogP contribution in [0.1, 0.15) is 56.5 Å². The second kappa shape index (κ2) is 12.4. The van der Waals surface area contributed by atoms with E-state index in [4.69, 9.17) is 0 Å². The molecule has 3 N–H and O–H groups in total. The Morgan fingerprint density at radius 1 is 1.00 bits per heavy atom. The van der Waals surface area contributed by atoms with E-state index in [1.54, 1.807) is 18.6 Å². The van der Waals surface area contributed by atoms with Crippen LogP contribution in [0.4, 0.5) is 15.8 Å². The number of nitrogens with zero attached hydrogens (tertiary/aromatic N) is 3. The molecule has 0 saturated heterocycles. The first kappa shape index (κ1) is 30.2. The van der Waals surface area contributed by atoms with Crippen molar-refractivity contribution in [2.75, 3.05) is 10.6 Å². The SMILES string of the molecule is C=C(CC(C)(C)C)Nc1cncc(/C(C)=C/C=c2/[nH]nc(C(=C)Nc3cncc(-c4cc(C)cc(F)c4)c3C)c2=C)c1. The first-order valence-electron chi connectivity index (χ1n) is 13.8. The van der Waals surface area contributed by atoms with Gasteiger partial charge in [0.25, 0.3) is 0 Å². The Hall–Kier alpha value is -4.78. The third-order valence-corrected chi connectivity index (χ3v) is 6.80. The normalized spacial score (nSPS) is 12.4. The molecular weight excluding hydrogens is 523 g/mol. The lowest BCUT2D eigenvalue weighted by atomic mass is 9.91. The van der Waals surface area contributed by atoms with E-state index in [0.29, 0.717) is 16.6 Å². The molecule has 0 unspecified atom stereocenters. The minimum absolute atomic E-state index is 0.150. The van der Waals surface area contributed by atoms with Crippen LogP contribution in [0.2, 0.25) is 0 Å². The molecule has 0 bridgehead atoms. The second-order valence-corrected chi connectivity index (χ2v) is 11.9. The molecule has 0 radical (unpaired) electrons.